The number of aryl methyl sites for hydroxylation is 1. The summed E-state index contributed by atoms with van der Waals surface area (Å²) in [6.45, 7) is 5.23. The molecule has 2 aliphatic heterocycles. The number of amides is 1. The summed E-state index contributed by atoms with van der Waals surface area (Å²) in [6.07, 6.45) is 3.04. The molecular weight excluding hydrogens is 370 g/mol. The first-order chi connectivity index (χ1) is 14.2. The van der Waals surface area contributed by atoms with Gasteiger partial charge in [0.1, 0.15) is 12.4 Å². The van der Waals surface area contributed by atoms with Crippen molar-refractivity contribution >= 4 is 17.7 Å². The van der Waals surface area contributed by atoms with Crippen LogP contribution >= 0.6 is 0 Å². The molecule has 29 heavy (non-hydrogen) atoms. The molecule has 1 saturated heterocycles. The average molecular weight is 397 g/mol. The molecule has 1 fully saturated rings. The second-order valence-corrected chi connectivity index (χ2v) is 7.32. The minimum Gasteiger partial charge on any atom is -0.485 e. The Bertz CT molecular complexity index is 854. The first-order valence-electron chi connectivity index (χ1n) is 10.2. The van der Waals surface area contributed by atoms with E-state index in [1.165, 1.54) is 19.3 Å². The van der Waals surface area contributed by atoms with Crippen molar-refractivity contribution in [1.29, 1.82) is 0 Å². The quantitative estimate of drug-likeness (QED) is 0.722. The Morgan fingerprint density at radius 2 is 1.93 bits per heavy atom. The third-order valence-corrected chi connectivity index (χ3v) is 5.03. The minimum absolute atomic E-state index is 0.194. The minimum atomic E-state index is -0.647. The van der Waals surface area contributed by atoms with Crippen LogP contribution < -0.4 is 25.0 Å². The van der Waals surface area contributed by atoms with Crippen molar-refractivity contribution in [1.82, 2.24) is 15.3 Å². The molecule has 2 N–H and O–H groups in total. The van der Waals surface area contributed by atoms with Gasteiger partial charge in [0.2, 0.25) is 12.1 Å². The Balaban J connectivity index is 1.25. The molecule has 4 rings (SSSR count). The summed E-state index contributed by atoms with van der Waals surface area (Å²) in [5.74, 6) is 2.62. The van der Waals surface area contributed by atoms with Gasteiger partial charge in [0.25, 0.3) is 5.91 Å². The zero-order chi connectivity index (χ0) is 20.1. The largest absolute Gasteiger partial charge is 0.485 e. The normalized spacial score (nSPS) is 18.2. The summed E-state index contributed by atoms with van der Waals surface area (Å²) in [5.41, 5.74) is 0.929. The number of nitrogens with one attached hydrogen (secondary N) is 2. The molecule has 1 aromatic heterocycles. The molecule has 8 nitrogen and oxygen atoms in total. The second kappa shape index (κ2) is 8.98. The summed E-state index contributed by atoms with van der Waals surface area (Å²) < 4.78 is 11.3. The number of piperidine rings is 1. The van der Waals surface area contributed by atoms with E-state index in [9.17, 15) is 4.79 Å². The van der Waals surface area contributed by atoms with Crippen LogP contribution in [0, 0.1) is 6.92 Å². The van der Waals surface area contributed by atoms with Crippen LogP contribution in [0.1, 0.15) is 25.0 Å². The van der Waals surface area contributed by atoms with Crippen LogP contribution in [-0.2, 0) is 4.79 Å². The van der Waals surface area contributed by atoms with E-state index in [1.54, 1.807) is 6.07 Å². The fourth-order valence-electron chi connectivity index (χ4n) is 3.54. The van der Waals surface area contributed by atoms with Crippen LogP contribution in [0.3, 0.4) is 0 Å². The highest BCUT2D eigenvalue weighted by Gasteiger charge is 2.26. The Hall–Kier alpha value is -3.03. The highest BCUT2D eigenvalue weighted by atomic mass is 16.6. The fourth-order valence-corrected chi connectivity index (χ4v) is 3.54. The summed E-state index contributed by atoms with van der Waals surface area (Å²) in [7, 11) is 0. The van der Waals surface area contributed by atoms with Gasteiger partial charge in [0.05, 0.1) is 0 Å². The van der Waals surface area contributed by atoms with Gasteiger partial charge in [-0.1, -0.05) is 12.1 Å². The number of nitrogens with zero attached hydrogens (tertiary/aromatic N) is 3. The van der Waals surface area contributed by atoms with Gasteiger partial charge < -0.3 is 25.0 Å². The van der Waals surface area contributed by atoms with Crippen molar-refractivity contribution in [2.75, 3.05) is 43.0 Å². The number of aromatic nitrogens is 2. The number of para-hydroxylation sites is 2. The number of fused-ring (bicyclic) bond motifs is 1. The summed E-state index contributed by atoms with van der Waals surface area (Å²) in [5, 5.41) is 6.08. The van der Waals surface area contributed by atoms with Crippen LogP contribution in [0.15, 0.2) is 30.3 Å². The van der Waals surface area contributed by atoms with Crippen LogP contribution in [0.2, 0.25) is 0 Å². The molecule has 2 aromatic rings. The second-order valence-electron chi connectivity index (χ2n) is 7.32. The lowest BCUT2D eigenvalue weighted by Crippen LogP contribution is -2.45. The predicted octanol–water partition coefficient (Wildman–Crippen LogP) is 2.14. The van der Waals surface area contributed by atoms with Gasteiger partial charge in [0, 0.05) is 37.9 Å². The molecule has 0 saturated carbocycles. The van der Waals surface area contributed by atoms with E-state index in [0.29, 0.717) is 30.5 Å². The number of carbonyl (C=O) groups is 1. The van der Waals surface area contributed by atoms with Gasteiger partial charge in [0.15, 0.2) is 11.5 Å². The summed E-state index contributed by atoms with van der Waals surface area (Å²) in [4.78, 5) is 23.8. The van der Waals surface area contributed by atoms with Crippen LogP contribution in [0.25, 0.3) is 0 Å². The van der Waals surface area contributed by atoms with Crippen LogP contribution in [0.5, 0.6) is 11.5 Å². The zero-order valence-corrected chi connectivity index (χ0v) is 16.7. The van der Waals surface area contributed by atoms with Crippen LogP contribution in [-0.4, -0.2) is 54.8 Å². The first-order valence-corrected chi connectivity index (χ1v) is 10.2. The molecule has 154 valence electrons. The number of anilines is 2. The van der Waals surface area contributed by atoms with E-state index in [1.807, 2.05) is 31.2 Å². The molecular formula is C21H27N5O3. The first kappa shape index (κ1) is 19.3. The van der Waals surface area contributed by atoms with Crippen molar-refractivity contribution in [3.8, 4) is 11.5 Å². The van der Waals surface area contributed by atoms with E-state index in [2.05, 4.69) is 25.5 Å². The lowest BCUT2D eigenvalue weighted by molar-refractivity contribution is -0.130. The predicted molar refractivity (Wildman–Crippen MR) is 111 cm³/mol. The van der Waals surface area contributed by atoms with Crippen molar-refractivity contribution in [2.45, 2.75) is 32.3 Å². The Labute approximate surface area is 170 Å². The van der Waals surface area contributed by atoms with Crippen molar-refractivity contribution in [2.24, 2.45) is 0 Å². The molecule has 0 spiro atoms. The number of carbonyl (C=O) groups excluding carboxylic acids is 1. The van der Waals surface area contributed by atoms with E-state index in [-0.39, 0.29) is 12.5 Å². The molecule has 0 aliphatic carbocycles. The SMILES string of the molecule is Cc1cc(N2CCCCC2)nc(NCCNC(=O)C2COc3ccccc3O2)n1. The highest BCUT2D eigenvalue weighted by Crippen LogP contribution is 2.30. The third kappa shape index (κ3) is 4.88. The van der Waals surface area contributed by atoms with E-state index in [0.717, 1.165) is 24.6 Å². The van der Waals surface area contributed by atoms with Gasteiger partial charge in [-0.25, -0.2) is 4.98 Å². The van der Waals surface area contributed by atoms with Crippen LogP contribution in [0.4, 0.5) is 11.8 Å². The topological polar surface area (TPSA) is 88.6 Å². The van der Waals surface area contributed by atoms with Gasteiger partial charge >= 0.3 is 0 Å². The Morgan fingerprint density at radius 3 is 2.76 bits per heavy atom. The van der Waals surface area contributed by atoms with Gasteiger partial charge in [-0.3, -0.25) is 4.79 Å². The zero-order valence-electron chi connectivity index (χ0n) is 16.7. The standard InChI is InChI=1S/C21H27N5O3/c1-15-13-19(26-11-5-2-6-12-26)25-21(24-15)23-10-9-22-20(27)18-14-28-16-7-3-4-8-17(16)29-18/h3-4,7-8,13,18H,2,5-6,9-12,14H2,1H3,(H,22,27)(H,23,24,25). The maximum absolute atomic E-state index is 12.4. The Morgan fingerprint density at radius 1 is 1.14 bits per heavy atom. The average Bonchev–Trinajstić information content (AvgIpc) is 2.76. The Kier molecular flexibility index (Phi) is 5.97. The maximum atomic E-state index is 12.4. The number of ether oxygens (including phenoxy) is 2. The molecule has 0 bridgehead atoms. The lowest BCUT2D eigenvalue weighted by Gasteiger charge is -2.28. The smallest absolute Gasteiger partial charge is 0.264 e. The molecule has 1 aromatic carbocycles. The van der Waals surface area contributed by atoms with Crippen molar-refractivity contribution in [3.05, 3.63) is 36.0 Å². The van der Waals surface area contributed by atoms with Gasteiger partial charge in [-0.15, -0.1) is 0 Å². The maximum Gasteiger partial charge on any atom is 0.264 e. The monoisotopic (exact) mass is 397 g/mol. The fraction of sp³-hybridized carbons (Fsp3) is 0.476. The van der Waals surface area contributed by atoms with Crippen molar-refractivity contribution in [3.63, 3.8) is 0 Å². The van der Waals surface area contributed by atoms with E-state index in [4.69, 9.17) is 9.47 Å². The molecule has 8 heteroatoms. The lowest BCUT2D eigenvalue weighted by atomic mass is 10.1. The molecule has 2 aliphatic rings. The summed E-state index contributed by atoms with van der Waals surface area (Å²) >= 11 is 0. The van der Waals surface area contributed by atoms with Crippen molar-refractivity contribution < 1.29 is 14.3 Å². The number of hydrogen-bond acceptors (Lipinski definition) is 7. The summed E-state index contributed by atoms with van der Waals surface area (Å²) in [6, 6.07) is 9.37. The highest BCUT2D eigenvalue weighted by molar-refractivity contribution is 5.81. The number of hydrogen-bond donors (Lipinski definition) is 2. The molecule has 1 unspecified atom stereocenters. The van der Waals surface area contributed by atoms with Gasteiger partial charge in [-0.05, 0) is 38.3 Å². The number of rotatable bonds is 6. The molecule has 0 radical (unpaired) electrons. The third-order valence-electron chi connectivity index (χ3n) is 5.03. The molecule has 1 amide bonds. The van der Waals surface area contributed by atoms with E-state index < -0.39 is 6.10 Å². The van der Waals surface area contributed by atoms with Gasteiger partial charge in [-0.2, -0.15) is 4.98 Å². The number of benzene rings is 1. The van der Waals surface area contributed by atoms with E-state index >= 15 is 0 Å². The molecule has 1 atom stereocenters. The molecule has 3 heterocycles.